The Bertz CT molecular complexity index is 552. The summed E-state index contributed by atoms with van der Waals surface area (Å²) in [5, 5.41) is 0. The van der Waals surface area contributed by atoms with Crippen LogP contribution in [0, 0.1) is 20.8 Å². The molecule has 1 fully saturated rings. The lowest BCUT2D eigenvalue weighted by Gasteiger charge is -2.34. The second-order valence-electron chi connectivity index (χ2n) is 5.89. The summed E-state index contributed by atoms with van der Waals surface area (Å²) in [5.74, 6) is 0.125. The minimum absolute atomic E-state index is 0.125. The Morgan fingerprint density at radius 2 is 1.50 bits per heavy atom. The van der Waals surface area contributed by atoms with Gasteiger partial charge in [-0.3, -0.25) is 4.79 Å². The van der Waals surface area contributed by atoms with E-state index in [-0.39, 0.29) is 12.0 Å². The van der Waals surface area contributed by atoms with Gasteiger partial charge in [0.25, 0.3) is 0 Å². The second-order valence-corrected chi connectivity index (χ2v) is 5.89. The highest BCUT2D eigenvalue weighted by Crippen LogP contribution is 2.18. The maximum atomic E-state index is 12.5. The van der Waals surface area contributed by atoms with Gasteiger partial charge >= 0.3 is 6.09 Å². The fraction of sp³-hybridized carbons (Fsp3) is 0.529. The molecule has 0 atom stereocenters. The largest absolute Gasteiger partial charge is 0.453 e. The predicted octanol–water partition coefficient (Wildman–Crippen LogP) is 2.06. The molecule has 120 valence electrons. The molecule has 1 aliphatic rings. The Hall–Kier alpha value is -2.04. The topological polar surface area (TPSA) is 49.9 Å². The summed E-state index contributed by atoms with van der Waals surface area (Å²) < 4.78 is 4.71. The van der Waals surface area contributed by atoms with Gasteiger partial charge in [-0.15, -0.1) is 0 Å². The molecule has 0 aliphatic carbocycles. The standard InChI is InChI=1S/C17H24N2O3/c1-12-9-13(2)15(14(3)10-12)11-16(20)18-5-7-19(8-6-18)17(21)22-4/h9-10H,5-8,11H2,1-4H3. The smallest absolute Gasteiger partial charge is 0.409 e. The molecule has 0 spiro atoms. The molecule has 0 saturated carbocycles. The summed E-state index contributed by atoms with van der Waals surface area (Å²) >= 11 is 0. The molecular weight excluding hydrogens is 280 g/mol. The van der Waals surface area contributed by atoms with Crippen molar-refractivity contribution in [1.82, 2.24) is 9.80 Å². The second kappa shape index (κ2) is 6.81. The number of nitrogens with zero attached hydrogens (tertiary/aromatic N) is 2. The molecule has 1 saturated heterocycles. The van der Waals surface area contributed by atoms with Crippen molar-refractivity contribution in [3.8, 4) is 0 Å². The Labute approximate surface area is 131 Å². The quantitative estimate of drug-likeness (QED) is 0.840. The molecule has 5 nitrogen and oxygen atoms in total. The number of carbonyl (C=O) groups excluding carboxylic acids is 2. The van der Waals surface area contributed by atoms with Gasteiger partial charge in [0.1, 0.15) is 0 Å². The first-order valence-electron chi connectivity index (χ1n) is 7.59. The Kier molecular flexibility index (Phi) is 5.06. The number of benzene rings is 1. The highest BCUT2D eigenvalue weighted by Gasteiger charge is 2.25. The normalized spacial score (nSPS) is 14.9. The fourth-order valence-corrected chi connectivity index (χ4v) is 3.02. The van der Waals surface area contributed by atoms with Crippen LogP contribution in [0.3, 0.4) is 0 Å². The van der Waals surface area contributed by atoms with Crippen LogP contribution in [-0.4, -0.2) is 55.1 Å². The van der Waals surface area contributed by atoms with E-state index in [2.05, 4.69) is 32.9 Å². The molecular formula is C17H24N2O3. The number of hydrogen-bond donors (Lipinski definition) is 0. The van der Waals surface area contributed by atoms with Gasteiger partial charge in [0, 0.05) is 26.2 Å². The first-order chi connectivity index (χ1) is 10.4. The molecule has 2 rings (SSSR count). The zero-order valence-corrected chi connectivity index (χ0v) is 13.8. The molecule has 1 heterocycles. The lowest BCUT2D eigenvalue weighted by Crippen LogP contribution is -2.51. The summed E-state index contributed by atoms with van der Waals surface area (Å²) in [6, 6.07) is 4.23. The average molecular weight is 304 g/mol. The van der Waals surface area contributed by atoms with Crippen LogP contribution in [0.4, 0.5) is 4.79 Å². The number of carbonyl (C=O) groups is 2. The van der Waals surface area contributed by atoms with Gasteiger partial charge in [-0.05, 0) is 37.5 Å². The molecule has 1 aliphatic heterocycles. The molecule has 0 radical (unpaired) electrons. The van der Waals surface area contributed by atoms with Gasteiger partial charge in [0.05, 0.1) is 13.5 Å². The van der Waals surface area contributed by atoms with Crippen molar-refractivity contribution >= 4 is 12.0 Å². The Balaban J connectivity index is 1.98. The van der Waals surface area contributed by atoms with Crippen molar-refractivity contribution < 1.29 is 14.3 Å². The summed E-state index contributed by atoms with van der Waals surface area (Å²) in [7, 11) is 1.38. The summed E-state index contributed by atoms with van der Waals surface area (Å²) in [4.78, 5) is 27.4. The van der Waals surface area contributed by atoms with Crippen molar-refractivity contribution in [2.45, 2.75) is 27.2 Å². The van der Waals surface area contributed by atoms with E-state index in [4.69, 9.17) is 4.74 Å². The molecule has 2 amide bonds. The van der Waals surface area contributed by atoms with Crippen LogP contribution in [-0.2, 0) is 16.0 Å². The molecule has 1 aromatic carbocycles. The number of rotatable bonds is 2. The van der Waals surface area contributed by atoms with E-state index in [1.165, 1.54) is 23.8 Å². The van der Waals surface area contributed by atoms with Crippen LogP contribution in [0.25, 0.3) is 0 Å². The van der Waals surface area contributed by atoms with Crippen LogP contribution in [0.15, 0.2) is 12.1 Å². The third-order valence-corrected chi connectivity index (χ3v) is 4.23. The third kappa shape index (κ3) is 3.59. The summed E-state index contributed by atoms with van der Waals surface area (Å²) in [6.07, 6.45) is 0.105. The van der Waals surface area contributed by atoms with Crippen molar-refractivity contribution in [3.05, 3.63) is 34.4 Å². The monoisotopic (exact) mass is 304 g/mol. The van der Waals surface area contributed by atoms with E-state index in [9.17, 15) is 9.59 Å². The van der Waals surface area contributed by atoms with Gasteiger partial charge in [0.15, 0.2) is 0 Å². The van der Waals surface area contributed by atoms with Crippen molar-refractivity contribution in [3.63, 3.8) is 0 Å². The van der Waals surface area contributed by atoms with E-state index in [0.29, 0.717) is 32.6 Å². The maximum absolute atomic E-state index is 12.5. The Morgan fingerprint density at radius 3 is 2.00 bits per heavy atom. The molecule has 0 bridgehead atoms. The van der Waals surface area contributed by atoms with Gasteiger partial charge in [0.2, 0.25) is 5.91 Å². The van der Waals surface area contributed by atoms with Crippen LogP contribution in [0.2, 0.25) is 0 Å². The van der Waals surface area contributed by atoms with Crippen LogP contribution in [0.1, 0.15) is 22.3 Å². The minimum atomic E-state index is -0.322. The number of aryl methyl sites for hydroxylation is 3. The van der Waals surface area contributed by atoms with Gasteiger partial charge < -0.3 is 14.5 Å². The highest BCUT2D eigenvalue weighted by molar-refractivity contribution is 5.80. The number of ether oxygens (including phenoxy) is 1. The van der Waals surface area contributed by atoms with Crippen LogP contribution >= 0.6 is 0 Å². The summed E-state index contributed by atoms with van der Waals surface area (Å²) in [5.41, 5.74) is 4.67. The molecule has 22 heavy (non-hydrogen) atoms. The Morgan fingerprint density at radius 1 is 1.00 bits per heavy atom. The molecule has 0 aromatic heterocycles. The summed E-state index contributed by atoms with van der Waals surface area (Å²) in [6.45, 7) is 8.37. The number of amides is 2. The molecule has 1 aromatic rings. The molecule has 0 N–H and O–H groups in total. The lowest BCUT2D eigenvalue weighted by molar-refractivity contribution is -0.132. The van der Waals surface area contributed by atoms with E-state index < -0.39 is 0 Å². The predicted molar refractivity (Wildman–Crippen MR) is 84.9 cm³/mol. The van der Waals surface area contributed by atoms with Crippen molar-refractivity contribution in [1.29, 1.82) is 0 Å². The zero-order valence-electron chi connectivity index (χ0n) is 13.8. The van der Waals surface area contributed by atoms with Crippen molar-refractivity contribution in [2.24, 2.45) is 0 Å². The fourth-order valence-electron chi connectivity index (χ4n) is 3.02. The van der Waals surface area contributed by atoms with Crippen molar-refractivity contribution in [2.75, 3.05) is 33.3 Å². The highest BCUT2D eigenvalue weighted by atomic mass is 16.5. The SMILES string of the molecule is COC(=O)N1CCN(C(=O)Cc2c(C)cc(C)cc2C)CC1. The first-order valence-corrected chi connectivity index (χ1v) is 7.59. The number of hydrogen-bond acceptors (Lipinski definition) is 3. The molecule has 0 unspecified atom stereocenters. The van der Waals surface area contributed by atoms with Gasteiger partial charge in [-0.2, -0.15) is 0 Å². The van der Waals surface area contributed by atoms with Gasteiger partial charge in [-0.1, -0.05) is 17.7 Å². The van der Waals surface area contributed by atoms with E-state index in [0.717, 1.165) is 5.56 Å². The number of piperazine rings is 1. The maximum Gasteiger partial charge on any atom is 0.409 e. The minimum Gasteiger partial charge on any atom is -0.453 e. The van der Waals surface area contributed by atoms with E-state index in [1.54, 1.807) is 4.90 Å². The average Bonchev–Trinajstić information content (AvgIpc) is 2.50. The lowest BCUT2D eigenvalue weighted by atomic mass is 9.97. The van der Waals surface area contributed by atoms with Gasteiger partial charge in [-0.25, -0.2) is 4.79 Å². The van der Waals surface area contributed by atoms with Crippen LogP contribution in [0.5, 0.6) is 0 Å². The first kappa shape index (κ1) is 16.3. The molecule has 5 heteroatoms. The van der Waals surface area contributed by atoms with Crippen LogP contribution < -0.4 is 0 Å². The number of methoxy groups -OCH3 is 1. The zero-order chi connectivity index (χ0) is 16.3. The third-order valence-electron chi connectivity index (χ3n) is 4.23. The van der Waals surface area contributed by atoms with E-state index >= 15 is 0 Å². The van der Waals surface area contributed by atoms with E-state index in [1.807, 2.05) is 4.90 Å².